The van der Waals surface area contributed by atoms with Gasteiger partial charge in [0.1, 0.15) is 0 Å². The number of aromatic amines is 1. The van der Waals surface area contributed by atoms with E-state index < -0.39 is 0 Å². The number of aromatic nitrogens is 3. The van der Waals surface area contributed by atoms with Crippen LogP contribution in [0, 0.1) is 5.92 Å². The molecule has 0 saturated carbocycles. The molecule has 0 aliphatic carbocycles. The summed E-state index contributed by atoms with van der Waals surface area (Å²) in [6.45, 7) is 6.50. The van der Waals surface area contributed by atoms with E-state index in [0.717, 1.165) is 13.0 Å². The van der Waals surface area contributed by atoms with E-state index in [1.54, 1.807) is 0 Å². The largest absolute Gasteiger partial charge is 0.380 e. The van der Waals surface area contributed by atoms with Gasteiger partial charge in [-0.25, -0.2) is 5.10 Å². The Hall–Kier alpha value is -1.30. The normalized spacial score (nSPS) is 10.9. The van der Waals surface area contributed by atoms with Crippen LogP contribution >= 0.6 is 0 Å². The van der Waals surface area contributed by atoms with Crippen molar-refractivity contribution in [2.24, 2.45) is 5.92 Å². The van der Waals surface area contributed by atoms with Crippen LogP contribution in [0.5, 0.6) is 0 Å². The van der Waals surface area contributed by atoms with Crippen LogP contribution < -0.4 is 11.1 Å². The van der Waals surface area contributed by atoms with Crippen molar-refractivity contribution in [2.75, 3.05) is 30.8 Å². The molecule has 0 atom stereocenters. The molecule has 1 heterocycles. The molecule has 0 fully saturated rings. The van der Waals surface area contributed by atoms with Crippen molar-refractivity contribution < 1.29 is 4.74 Å². The van der Waals surface area contributed by atoms with Gasteiger partial charge in [-0.2, -0.15) is 4.98 Å². The number of anilines is 2. The monoisotopic (exact) mass is 213 g/mol. The van der Waals surface area contributed by atoms with Gasteiger partial charge in [0, 0.05) is 13.2 Å². The zero-order chi connectivity index (χ0) is 11.1. The van der Waals surface area contributed by atoms with Crippen LogP contribution in [0.3, 0.4) is 0 Å². The fraction of sp³-hybridized carbons (Fsp3) is 0.778. The maximum absolute atomic E-state index is 5.41. The van der Waals surface area contributed by atoms with Gasteiger partial charge in [-0.1, -0.05) is 13.8 Å². The van der Waals surface area contributed by atoms with E-state index in [9.17, 15) is 0 Å². The number of hydrogen-bond donors (Lipinski definition) is 3. The molecule has 0 saturated heterocycles. The summed E-state index contributed by atoms with van der Waals surface area (Å²) in [7, 11) is 0. The lowest BCUT2D eigenvalue weighted by Crippen LogP contribution is -2.11. The van der Waals surface area contributed by atoms with Gasteiger partial charge in [0.2, 0.25) is 11.9 Å². The Morgan fingerprint density at radius 1 is 1.47 bits per heavy atom. The Balaban J connectivity index is 1.98. The number of nitrogen functional groups attached to an aromatic ring is 1. The van der Waals surface area contributed by atoms with E-state index >= 15 is 0 Å². The summed E-state index contributed by atoms with van der Waals surface area (Å²) in [5.41, 5.74) is 5.36. The van der Waals surface area contributed by atoms with Crippen LogP contribution in [0.1, 0.15) is 20.3 Å². The van der Waals surface area contributed by atoms with Gasteiger partial charge in [0.25, 0.3) is 0 Å². The highest BCUT2D eigenvalue weighted by atomic mass is 16.5. The van der Waals surface area contributed by atoms with Crippen LogP contribution in [0.2, 0.25) is 0 Å². The average molecular weight is 213 g/mol. The lowest BCUT2D eigenvalue weighted by Gasteiger charge is -2.06. The predicted molar refractivity (Wildman–Crippen MR) is 59.6 cm³/mol. The van der Waals surface area contributed by atoms with Gasteiger partial charge in [-0.3, -0.25) is 0 Å². The van der Waals surface area contributed by atoms with Gasteiger partial charge in [-0.15, -0.1) is 5.10 Å². The number of H-pyrrole nitrogens is 1. The second-order valence-corrected chi connectivity index (χ2v) is 3.77. The van der Waals surface area contributed by atoms with Gasteiger partial charge in [0.05, 0.1) is 6.61 Å². The molecular formula is C9H19N5O. The highest BCUT2D eigenvalue weighted by Gasteiger charge is 1.98. The van der Waals surface area contributed by atoms with E-state index in [2.05, 4.69) is 34.3 Å². The lowest BCUT2D eigenvalue weighted by molar-refractivity contribution is 0.132. The Bertz CT molecular complexity index is 273. The Kier molecular flexibility index (Phi) is 4.89. The molecule has 0 spiro atoms. The van der Waals surface area contributed by atoms with Crippen molar-refractivity contribution in [3.05, 3.63) is 0 Å². The summed E-state index contributed by atoms with van der Waals surface area (Å²) in [5, 5.41) is 9.38. The minimum absolute atomic E-state index is 0.318. The summed E-state index contributed by atoms with van der Waals surface area (Å²) < 4.78 is 5.41. The van der Waals surface area contributed by atoms with Crippen molar-refractivity contribution in [1.82, 2.24) is 15.2 Å². The fourth-order valence-corrected chi connectivity index (χ4v) is 1.01. The first-order valence-corrected chi connectivity index (χ1v) is 5.18. The minimum Gasteiger partial charge on any atom is -0.380 e. The van der Waals surface area contributed by atoms with E-state index in [-0.39, 0.29) is 0 Å². The van der Waals surface area contributed by atoms with Gasteiger partial charge < -0.3 is 15.8 Å². The van der Waals surface area contributed by atoms with E-state index in [1.165, 1.54) is 0 Å². The third-order valence-electron chi connectivity index (χ3n) is 1.87. The topological polar surface area (TPSA) is 88.8 Å². The number of rotatable bonds is 7. The molecule has 0 aliphatic rings. The van der Waals surface area contributed by atoms with Crippen molar-refractivity contribution in [3.8, 4) is 0 Å². The van der Waals surface area contributed by atoms with E-state index in [0.29, 0.717) is 31.0 Å². The predicted octanol–water partition coefficient (Wildman–Crippen LogP) is 0.861. The lowest BCUT2D eigenvalue weighted by atomic mass is 10.1. The van der Waals surface area contributed by atoms with Crippen molar-refractivity contribution >= 4 is 11.9 Å². The number of nitrogens with one attached hydrogen (secondary N) is 2. The molecule has 0 aromatic carbocycles. The number of hydrogen-bond acceptors (Lipinski definition) is 5. The average Bonchev–Trinajstić information content (AvgIpc) is 2.57. The molecule has 1 aromatic heterocycles. The quantitative estimate of drug-likeness (QED) is 0.585. The van der Waals surface area contributed by atoms with E-state index in [4.69, 9.17) is 10.5 Å². The zero-order valence-corrected chi connectivity index (χ0v) is 9.29. The van der Waals surface area contributed by atoms with Crippen molar-refractivity contribution in [1.29, 1.82) is 0 Å². The van der Waals surface area contributed by atoms with Gasteiger partial charge in [0.15, 0.2) is 0 Å². The molecule has 0 bridgehead atoms. The molecule has 0 amide bonds. The van der Waals surface area contributed by atoms with Gasteiger partial charge >= 0.3 is 0 Å². The SMILES string of the molecule is CC(C)CCOCCNc1n[nH]c(N)n1. The first-order chi connectivity index (χ1) is 7.18. The highest BCUT2D eigenvalue weighted by Crippen LogP contribution is 1.99. The van der Waals surface area contributed by atoms with Crippen LogP contribution in [0.25, 0.3) is 0 Å². The molecule has 6 heteroatoms. The molecule has 4 N–H and O–H groups in total. The summed E-state index contributed by atoms with van der Waals surface area (Å²) in [5.74, 6) is 1.52. The highest BCUT2D eigenvalue weighted by molar-refractivity contribution is 5.29. The van der Waals surface area contributed by atoms with Gasteiger partial charge in [-0.05, 0) is 12.3 Å². The Morgan fingerprint density at radius 3 is 2.87 bits per heavy atom. The summed E-state index contributed by atoms with van der Waals surface area (Å²) >= 11 is 0. The minimum atomic E-state index is 0.318. The smallest absolute Gasteiger partial charge is 0.243 e. The second-order valence-electron chi connectivity index (χ2n) is 3.77. The van der Waals surface area contributed by atoms with Crippen LogP contribution in [0.4, 0.5) is 11.9 Å². The van der Waals surface area contributed by atoms with Crippen molar-refractivity contribution in [3.63, 3.8) is 0 Å². The Labute approximate surface area is 89.6 Å². The third kappa shape index (κ3) is 5.21. The molecule has 86 valence electrons. The second kappa shape index (κ2) is 6.23. The number of nitrogens with zero attached hydrogens (tertiary/aromatic N) is 2. The van der Waals surface area contributed by atoms with Crippen LogP contribution in [0.15, 0.2) is 0 Å². The summed E-state index contributed by atoms with van der Waals surface area (Å²) in [6, 6.07) is 0. The fourth-order valence-electron chi connectivity index (χ4n) is 1.01. The first-order valence-electron chi connectivity index (χ1n) is 5.18. The zero-order valence-electron chi connectivity index (χ0n) is 9.29. The summed E-state index contributed by atoms with van der Waals surface area (Å²) in [6.07, 6.45) is 1.09. The molecule has 0 aliphatic heterocycles. The first kappa shape index (κ1) is 11.8. The molecule has 0 radical (unpaired) electrons. The molecular weight excluding hydrogens is 194 g/mol. The summed E-state index contributed by atoms with van der Waals surface area (Å²) in [4.78, 5) is 3.90. The third-order valence-corrected chi connectivity index (χ3v) is 1.87. The molecule has 0 unspecified atom stereocenters. The number of nitrogens with two attached hydrogens (primary N) is 1. The van der Waals surface area contributed by atoms with Crippen LogP contribution in [-0.4, -0.2) is 34.9 Å². The molecule has 1 aromatic rings. The maximum Gasteiger partial charge on any atom is 0.243 e. The Morgan fingerprint density at radius 2 is 2.27 bits per heavy atom. The van der Waals surface area contributed by atoms with E-state index in [1.807, 2.05) is 0 Å². The standard InChI is InChI=1S/C9H19N5O/c1-7(2)3-5-15-6-4-11-9-12-8(10)13-14-9/h7H,3-6H2,1-2H3,(H4,10,11,12,13,14). The molecule has 6 nitrogen and oxygen atoms in total. The van der Waals surface area contributed by atoms with Crippen LogP contribution in [-0.2, 0) is 4.74 Å². The van der Waals surface area contributed by atoms with Crippen molar-refractivity contribution in [2.45, 2.75) is 20.3 Å². The number of ether oxygens (including phenoxy) is 1. The maximum atomic E-state index is 5.41. The molecule has 1 rings (SSSR count). The molecule has 15 heavy (non-hydrogen) atoms.